The van der Waals surface area contributed by atoms with Crippen LogP contribution in [0.15, 0.2) is 59.2 Å². The SMILES string of the molecule is COc1ccc(CN2/C(=N/C(=O)OC(C)(C)C)N(C(=O)OC(C)(C)C)/C(=C\c3cccc(F)c3)C23CCCCC3)cc1. The third-order valence-electron chi connectivity index (χ3n) is 7.17. The van der Waals surface area contributed by atoms with Gasteiger partial charge in [-0.15, -0.1) is 4.99 Å². The van der Waals surface area contributed by atoms with Crippen LogP contribution in [-0.2, 0) is 16.0 Å². The number of guanidine groups is 1. The molecule has 1 saturated carbocycles. The molecule has 2 aliphatic rings. The van der Waals surface area contributed by atoms with Gasteiger partial charge in [-0.1, -0.05) is 43.5 Å². The van der Waals surface area contributed by atoms with Crippen molar-refractivity contribution >= 4 is 24.2 Å². The van der Waals surface area contributed by atoms with Crippen molar-refractivity contribution in [3.63, 3.8) is 0 Å². The Bertz CT molecular complexity index is 1350. The predicted octanol–water partition coefficient (Wildman–Crippen LogP) is 7.92. The molecule has 0 unspecified atom stereocenters. The van der Waals surface area contributed by atoms with Crippen molar-refractivity contribution in [3.05, 3.63) is 71.2 Å². The van der Waals surface area contributed by atoms with E-state index in [0.717, 1.165) is 30.6 Å². The minimum atomic E-state index is -0.818. The van der Waals surface area contributed by atoms with Crippen LogP contribution in [0.5, 0.6) is 5.75 Å². The topological polar surface area (TPSA) is 80.7 Å². The van der Waals surface area contributed by atoms with Crippen molar-refractivity contribution in [2.75, 3.05) is 7.11 Å². The molecule has 9 heteroatoms. The number of carbonyl (C=O) groups excluding carboxylic acids is 2. The first-order chi connectivity index (χ1) is 19.7. The van der Waals surface area contributed by atoms with E-state index < -0.39 is 28.9 Å². The van der Waals surface area contributed by atoms with Gasteiger partial charge in [-0.05, 0) is 95.9 Å². The molecule has 8 nitrogen and oxygen atoms in total. The second-order valence-electron chi connectivity index (χ2n) is 12.8. The molecule has 4 rings (SSSR count). The monoisotopic (exact) mass is 579 g/mol. The molecule has 2 fully saturated rings. The van der Waals surface area contributed by atoms with E-state index >= 15 is 0 Å². The molecular weight excluding hydrogens is 537 g/mol. The quantitative estimate of drug-likeness (QED) is 0.366. The van der Waals surface area contributed by atoms with Crippen molar-refractivity contribution in [2.24, 2.45) is 4.99 Å². The van der Waals surface area contributed by atoms with E-state index in [1.165, 1.54) is 17.0 Å². The molecule has 1 heterocycles. The molecule has 0 radical (unpaired) electrons. The van der Waals surface area contributed by atoms with Crippen LogP contribution >= 0.6 is 0 Å². The summed E-state index contributed by atoms with van der Waals surface area (Å²) in [6.07, 6.45) is 4.59. The zero-order valence-electron chi connectivity index (χ0n) is 25.7. The average molecular weight is 580 g/mol. The Kier molecular flexibility index (Phi) is 8.99. The van der Waals surface area contributed by atoms with Crippen LogP contribution in [0.25, 0.3) is 6.08 Å². The minimum Gasteiger partial charge on any atom is -0.497 e. The molecule has 0 aromatic heterocycles. The standard InChI is InChI=1S/C33H42FN3O5/c1-31(2,3)41-29(38)35-28-36(22-23-14-16-26(40-7)17-15-23)33(18-9-8-10-19-33)27(21-24-12-11-13-25(34)20-24)37(28)30(39)42-32(4,5)6/h11-17,20-21H,8-10,18-19,22H2,1-7H3/b27-21-,35-28-. The number of hydrogen-bond donors (Lipinski definition) is 0. The van der Waals surface area contributed by atoms with E-state index in [-0.39, 0.29) is 11.8 Å². The lowest BCUT2D eigenvalue weighted by Crippen LogP contribution is -2.48. The number of nitrogens with zero attached hydrogens (tertiary/aromatic N) is 3. The Morgan fingerprint density at radius 2 is 1.60 bits per heavy atom. The Morgan fingerprint density at radius 3 is 2.17 bits per heavy atom. The summed E-state index contributed by atoms with van der Waals surface area (Å²) in [6, 6.07) is 13.9. The summed E-state index contributed by atoms with van der Waals surface area (Å²) in [4.78, 5) is 35.1. The third-order valence-corrected chi connectivity index (χ3v) is 7.17. The first-order valence-electron chi connectivity index (χ1n) is 14.4. The van der Waals surface area contributed by atoms with Gasteiger partial charge in [0.2, 0.25) is 5.96 Å². The number of amides is 2. The van der Waals surface area contributed by atoms with E-state index in [1.807, 2.05) is 35.2 Å². The first kappa shape index (κ1) is 31.1. The number of benzene rings is 2. The molecule has 1 aliphatic heterocycles. The van der Waals surface area contributed by atoms with Crippen LogP contribution in [0.1, 0.15) is 84.8 Å². The van der Waals surface area contributed by atoms with Crippen LogP contribution < -0.4 is 4.74 Å². The van der Waals surface area contributed by atoms with Crippen molar-refractivity contribution < 1.29 is 28.2 Å². The maximum absolute atomic E-state index is 14.3. The van der Waals surface area contributed by atoms with E-state index in [4.69, 9.17) is 14.2 Å². The zero-order valence-corrected chi connectivity index (χ0v) is 25.7. The molecule has 226 valence electrons. The van der Waals surface area contributed by atoms with Gasteiger partial charge in [-0.3, -0.25) is 0 Å². The van der Waals surface area contributed by atoms with Gasteiger partial charge in [0.15, 0.2) is 0 Å². The van der Waals surface area contributed by atoms with E-state index in [9.17, 15) is 14.0 Å². The largest absolute Gasteiger partial charge is 0.497 e. The summed E-state index contributed by atoms with van der Waals surface area (Å²) in [5.41, 5.74) is -0.193. The van der Waals surface area contributed by atoms with Crippen LogP contribution in [-0.4, -0.2) is 51.8 Å². The number of ether oxygens (including phenoxy) is 3. The van der Waals surface area contributed by atoms with Crippen LogP contribution in [0, 0.1) is 5.82 Å². The highest BCUT2D eigenvalue weighted by Crippen LogP contribution is 2.48. The molecule has 1 aliphatic carbocycles. The maximum Gasteiger partial charge on any atom is 0.437 e. The summed E-state index contributed by atoms with van der Waals surface area (Å²) in [7, 11) is 1.61. The third kappa shape index (κ3) is 7.30. The van der Waals surface area contributed by atoms with Crippen LogP contribution in [0.2, 0.25) is 0 Å². The Hall–Kier alpha value is -3.88. The molecular formula is C33H42FN3O5. The molecule has 2 aromatic rings. The first-order valence-corrected chi connectivity index (χ1v) is 14.4. The van der Waals surface area contributed by atoms with Crippen molar-refractivity contribution in [1.82, 2.24) is 9.80 Å². The van der Waals surface area contributed by atoms with E-state index in [1.54, 1.807) is 60.8 Å². The fourth-order valence-electron chi connectivity index (χ4n) is 5.48. The average Bonchev–Trinajstić information content (AvgIpc) is 3.10. The number of aliphatic imine (C=N–C) groups is 1. The highest BCUT2D eigenvalue weighted by Gasteiger charge is 2.55. The second-order valence-corrected chi connectivity index (χ2v) is 12.8. The molecule has 1 saturated heterocycles. The van der Waals surface area contributed by atoms with Crippen LogP contribution in [0.4, 0.5) is 14.0 Å². The highest BCUT2D eigenvalue weighted by atomic mass is 19.1. The number of halogens is 1. The minimum absolute atomic E-state index is 0.124. The molecule has 1 spiro atoms. The Labute approximate surface area is 248 Å². The second kappa shape index (κ2) is 12.2. The predicted molar refractivity (Wildman–Crippen MR) is 160 cm³/mol. The number of rotatable bonds is 4. The maximum atomic E-state index is 14.3. The van der Waals surface area contributed by atoms with E-state index in [0.29, 0.717) is 30.6 Å². The molecule has 0 N–H and O–H groups in total. The van der Waals surface area contributed by atoms with Crippen molar-refractivity contribution in [1.29, 1.82) is 0 Å². The van der Waals surface area contributed by atoms with Gasteiger partial charge >= 0.3 is 12.2 Å². The molecule has 42 heavy (non-hydrogen) atoms. The van der Waals surface area contributed by atoms with E-state index in [2.05, 4.69) is 4.99 Å². The number of hydrogen-bond acceptors (Lipinski definition) is 5. The molecule has 2 aromatic carbocycles. The zero-order chi connectivity index (χ0) is 30.7. The lowest BCUT2D eigenvalue weighted by atomic mass is 9.78. The molecule has 0 bridgehead atoms. The summed E-state index contributed by atoms with van der Waals surface area (Å²) in [5.74, 6) is 0.456. The lowest BCUT2D eigenvalue weighted by molar-refractivity contribution is 0.0408. The lowest BCUT2D eigenvalue weighted by Gasteiger charge is -2.42. The van der Waals surface area contributed by atoms with Gasteiger partial charge < -0.3 is 19.1 Å². The fourth-order valence-corrected chi connectivity index (χ4v) is 5.48. The summed E-state index contributed by atoms with van der Waals surface area (Å²) < 4.78 is 31.2. The smallest absolute Gasteiger partial charge is 0.437 e. The number of carbonyl (C=O) groups is 2. The summed E-state index contributed by atoms with van der Waals surface area (Å²) >= 11 is 0. The van der Waals surface area contributed by atoms with Gasteiger partial charge in [0, 0.05) is 6.54 Å². The van der Waals surface area contributed by atoms with Gasteiger partial charge in [0.1, 0.15) is 22.8 Å². The van der Waals surface area contributed by atoms with Crippen LogP contribution in [0.3, 0.4) is 0 Å². The van der Waals surface area contributed by atoms with Gasteiger partial charge in [-0.25, -0.2) is 18.9 Å². The fraction of sp³-hybridized carbons (Fsp3) is 0.485. The van der Waals surface area contributed by atoms with Gasteiger partial charge in [-0.2, -0.15) is 0 Å². The molecule has 2 amide bonds. The molecule has 0 atom stereocenters. The van der Waals surface area contributed by atoms with Crippen molar-refractivity contribution in [2.45, 2.75) is 96.9 Å². The summed E-state index contributed by atoms with van der Waals surface area (Å²) in [5, 5.41) is 0. The van der Waals surface area contributed by atoms with Crippen molar-refractivity contribution in [3.8, 4) is 5.75 Å². The summed E-state index contributed by atoms with van der Waals surface area (Å²) in [6.45, 7) is 11.0. The highest BCUT2D eigenvalue weighted by molar-refractivity contribution is 6.04. The normalized spacial score (nSPS) is 19.0. The van der Waals surface area contributed by atoms with Gasteiger partial charge in [0.25, 0.3) is 0 Å². The Morgan fingerprint density at radius 1 is 0.952 bits per heavy atom. The number of methoxy groups -OCH3 is 1. The van der Waals surface area contributed by atoms with Gasteiger partial charge in [0.05, 0.1) is 18.3 Å². The Balaban J connectivity index is 1.96.